The molecular weight excluding hydrogens is 376 g/mol. The number of esters is 1. The highest BCUT2D eigenvalue weighted by Crippen LogP contribution is 2.38. The van der Waals surface area contributed by atoms with Crippen molar-refractivity contribution in [2.24, 2.45) is 11.8 Å². The van der Waals surface area contributed by atoms with E-state index in [0.29, 0.717) is 11.1 Å². The van der Waals surface area contributed by atoms with Gasteiger partial charge in [0.05, 0.1) is 35.9 Å². The summed E-state index contributed by atoms with van der Waals surface area (Å²) in [6.45, 7) is -0.155. The number of likely N-dealkylation sites (tertiary alicyclic amines) is 1. The maximum absolute atomic E-state index is 12.4. The van der Waals surface area contributed by atoms with Gasteiger partial charge in [0, 0.05) is 6.54 Å². The van der Waals surface area contributed by atoms with Gasteiger partial charge in [-0.3, -0.25) is 33.8 Å². The zero-order valence-corrected chi connectivity index (χ0v) is 16.0. The molecule has 1 saturated carbocycles. The Morgan fingerprint density at radius 3 is 1.97 bits per heavy atom. The van der Waals surface area contributed by atoms with Crippen molar-refractivity contribution in [1.82, 2.24) is 9.80 Å². The first-order chi connectivity index (χ1) is 14.0. The first-order valence-corrected chi connectivity index (χ1v) is 9.95. The molecule has 1 aliphatic carbocycles. The number of imide groups is 2. The second-order valence-electron chi connectivity index (χ2n) is 7.60. The zero-order valence-electron chi connectivity index (χ0n) is 16.0. The average molecular weight is 398 g/mol. The first kappa shape index (κ1) is 19.3. The number of fused-ring (bicyclic) bond motifs is 2. The molecule has 0 spiro atoms. The van der Waals surface area contributed by atoms with Crippen LogP contribution in [0, 0.1) is 11.8 Å². The Morgan fingerprint density at radius 2 is 1.41 bits per heavy atom. The molecule has 8 nitrogen and oxygen atoms in total. The summed E-state index contributed by atoms with van der Waals surface area (Å²) in [4.78, 5) is 63.6. The quantitative estimate of drug-likeness (QED) is 0.530. The number of benzene rings is 1. The minimum absolute atomic E-state index is 0.0104. The number of hydrogen-bond acceptors (Lipinski definition) is 6. The van der Waals surface area contributed by atoms with Crippen molar-refractivity contribution < 1.29 is 28.7 Å². The molecule has 1 aromatic rings. The molecule has 1 aromatic carbocycles. The van der Waals surface area contributed by atoms with Crippen molar-refractivity contribution in [3.63, 3.8) is 0 Å². The number of rotatable bonds is 6. The van der Waals surface area contributed by atoms with Gasteiger partial charge in [-0.2, -0.15) is 0 Å². The number of amides is 4. The number of ether oxygens (including phenoxy) is 1. The fourth-order valence-corrected chi connectivity index (χ4v) is 4.42. The third kappa shape index (κ3) is 3.43. The van der Waals surface area contributed by atoms with Crippen LogP contribution in [0.25, 0.3) is 0 Å². The molecule has 152 valence electrons. The monoisotopic (exact) mass is 398 g/mol. The van der Waals surface area contributed by atoms with Gasteiger partial charge in [0.1, 0.15) is 6.61 Å². The number of carbonyl (C=O) groups is 5. The molecule has 3 aliphatic rings. The molecule has 8 heteroatoms. The van der Waals surface area contributed by atoms with Crippen LogP contribution >= 0.6 is 0 Å². The number of hydrogen-bond donors (Lipinski definition) is 0. The highest BCUT2D eigenvalue weighted by molar-refractivity contribution is 6.21. The first-order valence-electron chi connectivity index (χ1n) is 9.95. The highest BCUT2D eigenvalue weighted by atomic mass is 16.5. The lowest BCUT2D eigenvalue weighted by molar-refractivity contribution is -0.146. The van der Waals surface area contributed by atoms with Crippen LogP contribution in [0.3, 0.4) is 0 Å². The van der Waals surface area contributed by atoms with E-state index in [1.807, 2.05) is 0 Å². The van der Waals surface area contributed by atoms with E-state index >= 15 is 0 Å². The van der Waals surface area contributed by atoms with E-state index < -0.39 is 17.8 Å². The molecule has 29 heavy (non-hydrogen) atoms. The third-order valence-electron chi connectivity index (χ3n) is 5.93. The normalized spacial score (nSPS) is 23.4. The molecule has 1 saturated heterocycles. The van der Waals surface area contributed by atoms with Gasteiger partial charge in [0.15, 0.2) is 0 Å². The lowest BCUT2D eigenvalue weighted by atomic mass is 9.81. The van der Waals surface area contributed by atoms with Crippen molar-refractivity contribution >= 4 is 29.6 Å². The van der Waals surface area contributed by atoms with Gasteiger partial charge in [0.2, 0.25) is 11.8 Å². The van der Waals surface area contributed by atoms with Gasteiger partial charge in [0.25, 0.3) is 11.8 Å². The van der Waals surface area contributed by atoms with Gasteiger partial charge in [-0.15, -0.1) is 0 Å². The second-order valence-corrected chi connectivity index (χ2v) is 7.60. The Bertz CT molecular complexity index is 836. The minimum Gasteiger partial charge on any atom is -0.464 e. The predicted molar refractivity (Wildman–Crippen MR) is 99.6 cm³/mol. The van der Waals surface area contributed by atoms with E-state index in [0.717, 1.165) is 30.6 Å². The molecular formula is C21H22N2O6. The van der Waals surface area contributed by atoms with Gasteiger partial charge < -0.3 is 4.74 Å². The third-order valence-corrected chi connectivity index (χ3v) is 5.93. The summed E-state index contributed by atoms with van der Waals surface area (Å²) in [5.41, 5.74) is 0.688. The minimum atomic E-state index is -0.572. The fourth-order valence-electron chi connectivity index (χ4n) is 4.42. The lowest BCUT2D eigenvalue weighted by Crippen LogP contribution is -2.35. The summed E-state index contributed by atoms with van der Waals surface area (Å²) in [5, 5.41) is 0. The Balaban J connectivity index is 1.24. The Kier molecular flexibility index (Phi) is 5.17. The molecule has 2 aliphatic heterocycles. The molecule has 0 aromatic heterocycles. The van der Waals surface area contributed by atoms with Crippen LogP contribution in [0.15, 0.2) is 24.3 Å². The van der Waals surface area contributed by atoms with Crippen molar-refractivity contribution in [2.75, 3.05) is 19.7 Å². The van der Waals surface area contributed by atoms with E-state index in [1.165, 1.54) is 4.90 Å². The number of carbonyl (C=O) groups excluding carboxylic acids is 5. The van der Waals surface area contributed by atoms with E-state index in [4.69, 9.17) is 4.74 Å². The van der Waals surface area contributed by atoms with Gasteiger partial charge in [-0.25, -0.2) is 0 Å². The molecule has 2 atom stereocenters. The molecule has 2 unspecified atom stereocenters. The van der Waals surface area contributed by atoms with Crippen LogP contribution < -0.4 is 0 Å². The second kappa shape index (κ2) is 7.77. The largest absolute Gasteiger partial charge is 0.464 e. The summed E-state index contributed by atoms with van der Waals surface area (Å²) in [7, 11) is 0. The predicted octanol–water partition coefficient (Wildman–Crippen LogP) is 1.39. The average Bonchev–Trinajstić information content (AvgIpc) is 3.12. The van der Waals surface area contributed by atoms with E-state index in [1.54, 1.807) is 24.3 Å². The van der Waals surface area contributed by atoms with Crippen LogP contribution in [0.5, 0.6) is 0 Å². The fraction of sp³-hybridized carbons (Fsp3) is 0.476. The smallest absolute Gasteiger partial charge is 0.307 e. The van der Waals surface area contributed by atoms with E-state index in [2.05, 4.69) is 0 Å². The van der Waals surface area contributed by atoms with Crippen LogP contribution in [0.4, 0.5) is 0 Å². The van der Waals surface area contributed by atoms with E-state index in [9.17, 15) is 24.0 Å². The summed E-state index contributed by atoms with van der Waals surface area (Å²) < 4.78 is 5.11. The van der Waals surface area contributed by atoms with Crippen molar-refractivity contribution in [3.8, 4) is 0 Å². The summed E-state index contributed by atoms with van der Waals surface area (Å²) >= 11 is 0. The maximum Gasteiger partial charge on any atom is 0.307 e. The summed E-state index contributed by atoms with van der Waals surface area (Å²) in [6, 6.07) is 6.54. The zero-order chi connectivity index (χ0) is 20.5. The molecule has 0 bridgehead atoms. The van der Waals surface area contributed by atoms with Crippen molar-refractivity contribution in [1.29, 1.82) is 0 Å². The van der Waals surface area contributed by atoms with Crippen molar-refractivity contribution in [3.05, 3.63) is 35.4 Å². The highest BCUT2D eigenvalue weighted by Gasteiger charge is 2.47. The van der Waals surface area contributed by atoms with Crippen LogP contribution in [-0.4, -0.2) is 59.1 Å². The topological polar surface area (TPSA) is 101 Å². The SMILES string of the molecule is O=C(CCN1C(=O)C2CCCCC2C1=O)OCCN1C(=O)c2ccccc2C1=O. The Morgan fingerprint density at radius 1 is 0.862 bits per heavy atom. The maximum atomic E-state index is 12.4. The summed E-state index contributed by atoms with van der Waals surface area (Å²) in [6.07, 6.45) is 3.27. The van der Waals surface area contributed by atoms with E-state index in [-0.39, 0.29) is 49.8 Å². The van der Waals surface area contributed by atoms with Gasteiger partial charge >= 0.3 is 5.97 Å². The lowest BCUT2D eigenvalue weighted by Gasteiger charge is -2.19. The molecule has 4 amide bonds. The molecule has 0 radical (unpaired) electrons. The molecule has 0 N–H and O–H groups in total. The molecule has 2 heterocycles. The van der Waals surface area contributed by atoms with Gasteiger partial charge in [-0.1, -0.05) is 25.0 Å². The summed E-state index contributed by atoms with van der Waals surface area (Å²) in [5.74, 6) is -2.22. The van der Waals surface area contributed by atoms with Gasteiger partial charge in [-0.05, 0) is 25.0 Å². The van der Waals surface area contributed by atoms with Crippen molar-refractivity contribution in [2.45, 2.75) is 32.1 Å². The Hall–Kier alpha value is -3.03. The molecule has 4 rings (SSSR count). The Labute approximate surface area is 167 Å². The van der Waals surface area contributed by atoms with Crippen LogP contribution in [0.2, 0.25) is 0 Å². The number of nitrogens with zero attached hydrogens (tertiary/aromatic N) is 2. The van der Waals surface area contributed by atoms with Crippen LogP contribution in [0.1, 0.15) is 52.8 Å². The van der Waals surface area contributed by atoms with Crippen LogP contribution in [-0.2, 0) is 19.1 Å². The molecule has 2 fully saturated rings. The standard InChI is InChI=1S/C21H22N2O6/c24-17(9-10-22-18(25)13-5-1-2-6-14(13)19(22)26)29-12-11-23-20(27)15-7-3-4-8-16(15)21(23)28/h3-4,7-8,13-14H,1-2,5-6,9-12H2.